The molecule has 5 heteroatoms. The van der Waals surface area contributed by atoms with Gasteiger partial charge < -0.3 is 9.80 Å². The molecule has 2 amide bonds. The van der Waals surface area contributed by atoms with E-state index < -0.39 is 0 Å². The van der Waals surface area contributed by atoms with E-state index in [4.69, 9.17) is 11.6 Å². The largest absolute Gasteiger partial charge is 0.341 e. The van der Waals surface area contributed by atoms with Crippen molar-refractivity contribution in [1.82, 2.24) is 4.90 Å². The molecule has 0 bridgehead atoms. The number of halogens is 1. The van der Waals surface area contributed by atoms with Crippen LogP contribution in [0, 0.1) is 19.8 Å². The number of aryl methyl sites for hydroxylation is 2. The third-order valence-corrected chi connectivity index (χ3v) is 4.77. The summed E-state index contributed by atoms with van der Waals surface area (Å²) in [4.78, 5) is 28.0. The van der Waals surface area contributed by atoms with Gasteiger partial charge >= 0.3 is 0 Å². The van der Waals surface area contributed by atoms with Gasteiger partial charge in [-0.25, -0.2) is 0 Å². The molecule has 4 nitrogen and oxygen atoms in total. The molecule has 0 N–H and O–H groups in total. The molecule has 0 aliphatic carbocycles. The molecule has 0 aromatic heterocycles. The molecule has 1 aromatic rings. The first-order valence-electron chi connectivity index (χ1n) is 8.12. The minimum Gasteiger partial charge on any atom is -0.341 e. The van der Waals surface area contributed by atoms with Gasteiger partial charge in [-0.2, -0.15) is 0 Å². The Balaban J connectivity index is 2.20. The number of rotatable bonds is 3. The van der Waals surface area contributed by atoms with E-state index in [0.29, 0.717) is 16.6 Å². The molecule has 1 aliphatic heterocycles. The van der Waals surface area contributed by atoms with Gasteiger partial charge in [-0.3, -0.25) is 9.59 Å². The maximum atomic E-state index is 12.6. The summed E-state index contributed by atoms with van der Waals surface area (Å²) < 4.78 is 0. The molecule has 0 radical (unpaired) electrons. The van der Waals surface area contributed by atoms with Gasteiger partial charge in [-0.05, 0) is 49.8 Å². The predicted molar refractivity (Wildman–Crippen MR) is 93.9 cm³/mol. The number of carbonyl (C=O) groups is 2. The monoisotopic (exact) mass is 336 g/mol. The van der Waals surface area contributed by atoms with Crippen molar-refractivity contribution in [2.45, 2.75) is 40.5 Å². The number of anilines is 1. The number of amides is 2. The highest BCUT2D eigenvalue weighted by molar-refractivity contribution is 6.34. The summed E-state index contributed by atoms with van der Waals surface area (Å²) in [6.45, 7) is 9.14. The predicted octanol–water partition coefficient (Wildman–Crippen LogP) is 3.57. The van der Waals surface area contributed by atoms with Crippen LogP contribution in [0.4, 0.5) is 5.69 Å². The number of hydrogen-bond acceptors (Lipinski definition) is 2. The van der Waals surface area contributed by atoms with Crippen molar-refractivity contribution in [3.63, 3.8) is 0 Å². The number of nitrogens with zero attached hydrogens (tertiary/aromatic N) is 2. The van der Waals surface area contributed by atoms with Crippen molar-refractivity contribution >= 4 is 29.1 Å². The maximum absolute atomic E-state index is 12.6. The molecule has 0 spiro atoms. The van der Waals surface area contributed by atoms with Crippen LogP contribution in [0.3, 0.4) is 0 Å². The summed E-state index contributed by atoms with van der Waals surface area (Å²) in [5, 5.41) is 0.512. The SMILES string of the molecule is CC(=O)N(CC(=O)N1CCC(C)CC1)c1c(C)cc(C)cc1Cl. The zero-order valence-electron chi connectivity index (χ0n) is 14.4. The van der Waals surface area contributed by atoms with Crippen molar-refractivity contribution in [2.24, 2.45) is 5.92 Å². The van der Waals surface area contributed by atoms with Crippen molar-refractivity contribution in [1.29, 1.82) is 0 Å². The lowest BCUT2D eigenvalue weighted by Gasteiger charge is -2.32. The molecular formula is C18H25ClN2O2. The van der Waals surface area contributed by atoms with E-state index in [1.165, 1.54) is 11.8 Å². The van der Waals surface area contributed by atoms with E-state index in [0.717, 1.165) is 37.1 Å². The molecule has 0 saturated carbocycles. The maximum Gasteiger partial charge on any atom is 0.242 e. The number of carbonyl (C=O) groups excluding carboxylic acids is 2. The smallest absolute Gasteiger partial charge is 0.242 e. The fraction of sp³-hybridized carbons (Fsp3) is 0.556. The second kappa shape index (κ2) is 7.35. The van der Waals surface area contributed by atoms with E-state index in [1.54, 1.807) is 0 Å². The van der Waals surface area contributed by atoms with Gasteiger partial charge in [0.2, 0.25) is 11.8 Å². The van der Waals surface area contributed by atoms with E-state index >= 15 is 0 Å². The average Bonchev–Trinajstić information content (AvgIpc) is 2.45. The zero-order valence-corrected chi connectivity index (χ0v) is 15.1. The highest BCUT2D eigenvalue weighted by Crippen LogP contribution is 2.31. The van der Waals surface area contributed by atoms with Crippen molar-refractivity contribution < 1.29 is 9.59 Å². The van der Waals surface area contributed by atoms with Gasteiger partial charge in [-0.1, -0.05) is 24.6 Å². The molecule has 0 atom stereocenters. The third kappa shape index (κ3) is 4.25. The van der Waals surface area contributed by atoms with Crippen LogP contribution in [-0.2, 0) is 9.59 Å². The normalized spacial score (nSPS) is 15.6. The summed E-state index contributed by atoms with van der Waals surface area (Å²) in [5.41, 5.74) is 2.59. The lowest BCUT2D eigenvalue weighted by Crippen LogP contribution is -2.45. The fourth-order valence-electron chi connectivity index (χ4n) is 3.09. The minimum atomic E-state index is -0.169. The fourth-order valence-corrected chi connectivity index (χ4v) is 3.51. The van der Waals surface area contributed by atoms with Crippen LogP contribution in [0.2, 0.25) is 5.02 Å². The Kier molecular flexibility index (Phi) is 5.69. The molecule has 1 aromatic carbocycles. The van der Waals surface area contributed by atoms with Crippen LogP contribution in [0.1, 0.15) is 37.8 Å². The molecule has 1 heterocycles. The Morgan fingerprint density at radius 2 is 1.87 bits per heavy atom. The minimum absolute atomic E-state index is 0.0110. The highest BCUT2D eigenvalue weighted by atomic mass is 35.5. The van der Waals surface area contributed by atoms with Crippen LogP contribution in [0.5, 0.6) is 0 Å². The summed E-state index contributed by atoms with van der Waals surface area (Å²) >= 11 is 6.34. The van der Waals surface area contributed by atoms with Crippen LogP contribution < -0.4 is 4.90 Å². The van der Waals surface area contributed by atoms with Crippen molar-refractivity contribution in [3.05, 3.63) is 28.3 Å². The average molecular weight is 337 g/mol. The Morgan fingerprint density at radius 3 is 2.39 bits per heavy atom. The van der Waals surface area contributed by atoms with Crippen molar-refractivity contribution in [2.75, 3.05) is 24.5 Å². The summed E-state index contributed by atoms with van der Waals surface area (Å²) in [7, 11) is 0. The molecule has 23 heavy (non-hydrogen) atoms. The quantitative estimate of drug-likeness (QED) is 0.846. The van der Waals surface area contributed by atoms with E-state index in [-0.39, 0.29) is 18.4 Å². The molecule has 0 unspecified atom stereocenters. The molecule has 1 fully saturated rings. The first kappa shape index (κ1) is 17.8. The lowest BCUT2D eigenvalue weighted by molar-refractivity contribution is -0.132. The molecule has 1 aliphatic rings. The standard InChI is InChI=1S/C18H25ClN2O2/c1-12-5-7-20(8-6-12)17(23)11-21(15(4)22)18-14(3)9-13(2)10-16(18)19/h9-10,12H,5-8,11H2,1-4H3. The van der Waals surface area contributed by atoms with Crippen LogP contribution in [0.15, 0.2) is 12.1 Å². The third-order valence-electron chi connectivity index (χ3n) is 4.48. The number of benzene rings is 1. The van der Waals surface area contributed by atoms with E-state index in [9.17, 15) is 9.59 Å². The Bertz CT molecular complexity index is 584. The van der Waals surface area contributed by atoms with Crippen LogP contribution >= 0.6 is 11.6 Å². The Labute approximate surface area is 143 Å². The van der Waals surface area contributed by atoms with Crippen molar-refractivity contribution in [3.8, 4) is 0 Å². The van der Waals surface area contributed by atoms with Gasteiger partial charge in [0.25, 0.3) is 0 Å². The number of piperidine rings is 1. The topological polar surface area (TPSA) is 40.6 Å². The highest BCUT2D eigenvalue weighted by Gasteiger charge is 2.25. The van der Waals surface area contributed by atoms with Crippen LogP contribution in [-0.4, -0.2) is 36.3 Å². The van der Waals surface area contributed by atoms with Gasteiger partial charge in [0, 0.05) is 20.0 Å². The van der Waals surface area contributed by atoms with Gasteiger partial charge in [0.1, 0.15) is 6.54 Å². The molecule has 126 valence electrons. The van der Waals surface area contributed by atoms with E-state index in [2.05, 4.69) is 6.92 Å². The summed E-state index contributed by atoms with van der Waals surface area (Å²) in [5.74, 6) is 0.484. The second-order valence-electron chi connectivity index (χ2n) is 6.58. The molecular weight excluding hydrogens is 312 g/mol. The van der Waals surface area contributed by atoms with E-state index in [1.807, 2.05) is 30.9 Å². The first-order chi connectivity index (χ1) is 10.8. The number of likely N-dealkylation sites (tertiary alicyclic amines) is 1. The zero-order chi connectivity index (χ0) is 17.1. The summed E-state index contributed by atoms with van der Waals surface area (Å²) in [6, 6.07) is 3.80. The van der Waals surface area contributed by atoms with Gasteiger partial charge in [0.15, 0.2) is 0 Å². The Hall–Kier alpha value is -1.55. The Morgan fingerprint density at radius 1 is 1.26 bits per heavy atom. The lowest BCUT2D eigenvalue weighted by atomic mass is 9.99. The molecule has 2 rings (SSSR count). The first-order valence-corrected chi connectivity index (χ1v) is 8.50. The molecule has 1 saturated heterocycles. The van der Waals surface area contributed by atoms with Gasteiger partial charge in [-0.15, -0.1) is 0 Å². The van der Waals surface area contributed by atoms with Crippen LogP contribution in [0.25, 0.3) is 0 Å². The summed E-state index contributed by atoms with van der Waals surface area (Å²) in [6.07, 6.45) is 2.05. The number of hydrogen-bond donors (Lipinski definition) is 0. The van der Waals surface area contributed by atoms with Gasteiger partial charge in [0.05, 0.1) is 10.7 Å². The second-order valence-corrected chi connectivity index (χ2v) is 6.99.